The van der Waals surface area contributed by atoms with Crippen molar-refractivity contribution >= 4 is 39.5 Å². The molecule has 0 atom stereocenters. The SMILES string of the molecule is Brc1ccc(Nc2nc(N3CCCCC3)nc(N3CCCCC3)n2)cc1. The molecule has 0 amide bonds. The van der Waals surface area contributed by atoms with Crippen LogP contribution in [-0.4, -0.2) is 41.1 Å². The van der Waals surface area contributed by atoms with Crippen molar-refractivity contribution in [3.63, 3.8) is 0 Å². The maximum absolute atomic E-state index is 4.82. The fraction of sp³-hybridized carbons (Fsp3) is 0.526. The first-order valence-corrected chi connectivity index (χ1v) is 10.4. The Morgan fingerprint density at radius 2 is 1.19 bits per heavy atom. The predicted molar refractivity (Wildman–Crippen MR) is 109 cm³/mol. The monoisotopic (exact) mass is 416 g/mol. The molecule has 7 heteroatoms. The molecule has 0 aliphatic carbocycles. The lowest BCUT2D eigenvalue weighted by Gasteiger charge is -2.30. The number of rotatable bonds is 4. The van der Waals surface area contributed by atoms with Gasteiger partial charge < -0.3 is 15.1 Å². The van der Waals surface area contributed by atoms with Gasteiger partial charge in [-0.1, -0.05) is 15.9 Å². The van der Waals surface area contributed by atoms with E-state index in [2.05, 4.69) is 31.0 Å². The van der Waals surface area contributed by atoms with Crippen molar-refractivity contribution in [2.45, 2.75) is 38.5 Å². The summed E-state index contributed by atoms with van der Waals surface area (Å²) in [4.78, 5) is 18.9. The first-order chi connectivity index (χ1) is 12.8. The summed E-state index contributed by atoms with van der Waals surface area (Å²) in [6.45, 7) is 4.12. The summed E-state index contributed by atoms with van der Waals surface area (Å²) >= 11 is 3.48. The normalized spacial score (nSPS) is 18.0. The zero-order valence-electron chi connectivity index (χ0n) is 15.0. The quantitative estimate of drug-likeness (QED) is 0.798. The lowest BCUT2D eigenvalue weighted by Crippen LogP contribution is -2.34. The number of nitrogens with one attached hydrogen (secondary N) is 1. The van der Waals surface area contributed by atoms with Crippen LogP contribution in [0, 0.1) is 0 Å². The molecule has 1 N–H and O–H groups in total. The van der Waals surface area contributed by atoms with Gasteiger partial charge in [-0.25, -0.2) is 0 Å². The van der Waals surface area contributed by atoms with E-state index in [1.807, 2.05) is 24.3 Å². The van der Waals surface area contributed by atoms with E-state index in [4.69, 9.17) is 15.0 Å². The van der Waals surface area contributed by atoms with Gasteiger partial charge >= 0.3 is 0 Å². The van der Waals surface area contributed by atoms with Crippen molar-refractivity contribution in [2.24, 2.45) is 0 Å². The Morgan fingerprint density at radius 3 is 1.69 bits per heavy atom. The Labute approximate surface area is 163 Å². The fourth-order valence-electron chi connectivity index (χ4n) is 3.54. The van der Waals surface area contributed by atoms with Crippen LogP contribution in [0.25, 0.3) is 0 Å². The van der Waals surface area contributed by atoms with Crippen molar-refractivity contribution in [3.8, 4) is 0 Å². The number of nitrogens with zero attached hydrogens (tertiary/aromatic N) is 5. The number of halogens is 1. The lowest BCUT2D eigenvalue weighted by molar-refractivity contribution is 0.556. The molecule has 138 valence electrons. The summed E-state index contributed by atoms with van der Waals surface area (Å²) in [5.41, 5.74) is 0.980. The van der Waals surface area contributed by atoms with Crippen LogP contribution in [0.15, 0.2) is 28.7 Å². The third kappa shape index (κ3) is 4.26. The van der Waals surface area contributed by atoms with E-state index in [-0.39, 0.29) is 0 Å². The zero-order chi connectivity index (χ0) is 17.8. The third-order valence-electron chi connectivity index (χ3n) is 4.99. The largest absolute Gasteiger partial charge is 0.341 e. The number of anilines is 4. The molecule has 2 aromatic rings. The van der Waals surface area contributed by atoms with E-state index >= 15 is 0 Å². The Hall–Kier alpha value is -1.89. The van der Waals surface area contributed by atoms with Crippen molar-refractivity contribution < 1.29 is 0 Å². The van der Waals surface area contributed by atoms with Gasteiger partial charge in [-0.3, -0.25) is 0 Å². The second-order valence-electron chi connectivity index (χ2n) is 6.99. The van der Waals surface area contributed by atoms with E-state index in [0.29, 0.717) is 5.95 Å². The van der Waals surface area contributed by atoms with Crippen molar-refractivity contribution in [1.29, 1.82) is 0 Å². The highest BCUT2D eigenvalue weighted by molar-refractivity contribution is 9.10. The highest BCUT2D eigenvalue weighted by atomic mass is 79.9. The number of aromatic nitrogens is 3. The smallest absolute Gasteiger partial charge is 0.233 e. The van der Waals surface area contributed by atoms with E-state index in [1.165, 1.54) is 38.5 Å². The highest BCUT2D eigenvalue weighted by Crippen LogP contribution is 2.24. The van der Waals surface area contributed by atoms with Gasteiger partial charge in [-0.2, -0.15) is 15.0 Å². The standard InChI is InChI=1S/C19H25BrN6/c20-15-7-9-16(10-8-15)21-17-22-18(25-11-3-1-4-12-25)24-19(23-17)26-13-5-2-6-14-26/h7-10H,1-6,11-14H2,(H,21,22,23,24). The molecule has 0 radical (unpaired) electrons. The molecule has 1 aromatic carbocycles. The molecular formula is C19H25BrN6. The van der Waals surface area contributed by atoms with Gasteiger partial charge in [-0.15, -0.1) is 0 Å². The fourth-order valence-corrected chi connectivity index (χ4v) is 3.81. The summed E-state index contributed by atoms with van der Waals surface area (Å²) in [6.07, 6.45) is 7.43. The molecule has 6 nitrogen and oxygen atoms in total. The number of hydrogen-bond acceptors (Lipinski definition) is 6. The van der Waals surface area contributed by atoms with Crippen LogP contribution in [-0.2, 0) is 0 Å². The summed E-state index contributed by atoms with van der Waals surface area (Å²) < 4.78 is 1.06. The average Bonchev–Trinajstić information content (AvgIpc) is 2.71. The summed E-state index contributed by atoms with van der Waals surface area (Å²) in [5.74, 6) is 2.24. The Morgan fingerprint density at radius 1 is 0.692 bits per heavy atom. The average molecular weight is 417 g/mol. The second kappa shape index (κ2) is 8.20. The molecule has 26 heavy (non-hydrogen) atoms. The minimum Gasteiger partial charge on any atom is -0.341 e. The maximum Gasteiger partial charge on any atom is 0.233 e. The van der Waals surface area contributed by atoms with Crippen molar-refractivity contribution in [3.05, 3.63) is 28.7 Å². The van der Waals surface area contributed by atoms with Gasteiger partial charge in [0.1, 0.15) is 0 Å². The van der Waals surface area contributed by atoms with Gasteiger partial charge in [0.2, 0.25) is 17.8 Å². The summed E-state index contributed by atoms with van der Waals surface area (Å²) in [6, 6.07) is 8.07. The molecule has 2 saturated heterocycles. The topological polar surface area (TPSA) is 57.2 Å². The Balaban J connectivity index is 1.63. The van der Waals surface area contributed by atoms with Crippen LogP contribution in [0.4, 0.5) is 23.5 Å². The summed E-state index contributed by atoms with van der Waals surface area (Å²) in [7, 11) is 0. The molecule has 2 fully saturated rings. The van der Waals surface area contributed by atoms with Crippen LogP contribution in [0.5, 0.6) is 0 Å². The Kier molecular flexibility index (Phi) is 5.53. The second-order valence-corrected chi connectivity index (χ2v) is 7.90. The summed E-state index contributed by atoms with van der Waals surface area (Å²) in [5, 5.41) is 3.35. The van der Waals surface area contributed by atoms with Crippen molar-refractivity contribution in [2.75, 3.05) is 41.3 Å². The van der Waals surface area contributed by atoms with Crippen LogP contribution in [0.2, 0.25) is 0 Å². The first kappa shape index (κ1) is 17.5. The molecule has 3 heterocycles. The van der Waals surface area contributed by atoms with Gasteiger partial charge in [-0.05, 0) is 62.8 Å². The minimum atomic E-state index is 0.628. The maximum atomic E-state index is 4.82. The number of hydrogen-bond donors (Lipinski definition) is 1. The zero-order valence-corrected chi connectivity index (χ0v) is 16.6. The van der Waals surface area contributed by atoms with Gasteiger partial charge in [0.25, 0.3) is 0 Å². The van der Waals surface area contributed by atoms with Gasteiger partial charge in [0.05, 0.1) is 0 Å². The minimum absolute atomic E-state index is 0.628. The third-order valence-corrected chi connectivity index (χ3v) is 5.52. The molecule has 2 aliphatic heterocycles. The molecule has 0 bridgehead atoms. The van der Waals surface area contributed by atoms with Gasteiger partial charge in [0, 0.05) is 36.3 Å². The first-order valence-electron chi connectivity index (χ1n) is 9.56. The van der Waals surface area contributed by atoms with Crippen LogP contribution in [0.3, 0.4) is 0 Å². The Bertz CT molecular complexity index is 687. The molecule has 0 saturated carbocycles. The lowest BCUT2D eigenvalue weighted by atomic mass is 10.1. The number of benzene rings is 1. The van der Waals surface area contributed by atoms with Crippen LogP contribution in [0.1, 0.15) is 38.5 Å². The predicted octanol–water partition coefficient (Wildman–Crippen LogP) is 4.36. The molecule has 4 rings (SSSR count). The van der Waals surface area contributed by atoms with Crippen LogP contribution < -0.4 is 15.1 Å². The van der Waals surface area contributed by atoms with Crippen LogP contribution >= 0.6 is 15.9 Å². The van der Waals surface area contributed by atoms with Crippen molar-refractivity contribution in [1.82, 2.24) is 15.0 Å². The van der Waals surface area contributed by atoms with Gasteiger partial charge in [0.15, 0.2) is 0 Å². The molecule has 0 unspecified atom stereocenters. The van der Waals surface area contributed by atoms with E-state index in [9.17, 15) is 0 Å². The molecule has 0 spiro atoms. The van der Waals surface area contributed by atoms with E-state index in [1.54, 1.807) is 0 Å². The number of piperidine rings is 2. The molecular weight excluding hydrogens is 392 g/mol. The van der Waals surface area contributed by atoms with E-state index < -0.39 is 0 Å². The highest BCUT2D eigenvalue weighted by Gasteiger charge is 2.20. The molecule has 1 aromatic heterocycles. The van der Waals surface area contributed by atoms with E-state index in [0.717, 1.165) is 48.2 Å². The molecule has 2 aliphatic rings.